The van der Waals surface area contributed by atoms with E-state index in [4.69, 9.17) is 25.3 Å². The van der Waals surface area contributed by atoms with Gasteiger partial charge in [-0.15, -0.1) is 0 Å². The summed E-state index contributed by atoms with van der Waals surface area (Å²) in [5.74, 6) is 0. The predicted molar refractivity (Wildman–Crippen MR) is 144 cm³/mol. The predicted octanol–water partition coefficient (Wildman–Crippen LogP) is 2.35. The second-order valence-corrected chi connectivity index (χ2v) is 10.2. The molecule has 3 N–H and O–H groups in total. The molecule has 2 aliphatic heterocycles. The van der Waals surface area contributed by atoms with Crippen molar-refractivity contribution in [2.24, 2.45) is 24.3 Å². The van der Waals surface area contributed by atoms with Gasteiger partial charge in [0.1, 0.15) is 69.5 Å². The first-order valence-corrected chi connectivity index (χ1v) is 13.4. The molecule has 0 aromatic carbocycles. The molecule has 20 heteroatoms. The molecule has 2 fully saturated rings. The molecule has 2 aromatic rings. The van der Waals surface area contributed by atoms with Gasteiger partial charge in [-0.1, -0.05) is 0 Å². The summed E-state index contributed by atoms with van der Waals surface area (Å²) in [6, 6.07) is -0.857. The molecular weight excluding hydrogens is 572 g/mol. The largest absolute Gasteiger partial charge is 0.388 e. The van der Waals surface area contributed by atoms with Gasteiger partial charge >= 0.3 is 11.4 Å². The molecule has 4 heterocycles. The molecule has 234 valence electrons. The number of nitrogens with zero attached hydrogens (tertiary/aromatic N) is 10. The van der Waals surface area contributed by atoms with E-state index in [0.29, 0.717) is 37.1 Å². The van der Waals surface area contributed by atoms with Crippen molar-refractivity contribution >= 4 is 11.4 Å². The van der Waals surface area contributed by atoms with Crippen molar-refractivity contribution in [1.29, 1.82) is 11.1 Å². The Labute approximate surface area is 245 Å². The van der Waals surface area contributed by atoms with Crippen LogP contribution in [0.1, 0.15) is 63.1 Å². The van der Waals surface area contributed by atoms with Crippen LogP contribution < -0.4 is 9.82 Å². The van der Waals surface area contributed by atoms with Gasteiger partial charge in [0.15, 0.2) is 12.1 Å². The second-order valence-electron chi connectivity index (χ2n) is 10.2. The maximum Gasteiger partial charge on any atom is 0.312 e. The molecule has 8 atom stereocenters. The minimum Gasteiger partial charge on any atom is -0.388 e. The topological polar surface area (TPSA) is 270 Å². The maximum atomic E-state index is 11.1. The normalized spacial score (nSPS) is 29.1. The van der Waals surface area contributed by atoms with Gasteiger partial charge in [-0.05, 0) is 39.5 Å². The molecular formula is C23H36N12O8+2. The number of aliphatic hydroxyl groups is 1. The van der Waals surface area contributed by atoms with Crippen LogP contribution in [-0.4, -0.2) is 78.1 Å². The lowest BCUT2D eigenvalue weighted by molar-refractivity contribution is -0.386. The van der Waals surface area contributed by atoms with E-state index in [-0.39, 0.29) is 29.6 Å². The summed E-state index contributed by atoms with van der Waals surface area (Å²) in [5.41, 5.74) is 14.3. The van der Waals surface area contributed by atoms with Crippen molar-refractivity contribution < 1.29 is 29.2 Å². The Balaban J connectivity index is 0.000000236. The first-order chi connectivity index (χ1) is 20.4. The van der Waals surface area contributed by atoms with Crippen molar-refractivity contribution in [3.63, 3.8) is 0 Å². The fraction of sp³-hybridized carbons (Fsp3) is 0.739. The summed E-state index contributed by atoms with van der Waals surface area (Å²) in [4.78, 5) is 27.3. The summed E-state index contributed by atoms with van der Waals surface area (Å²) in [5, 5.41) is 47.7. The van der Waals surface area contributed by atoms with E-state index >= 15 is 0 Å². The fourth-order valence-corrected chi connectivity index (χ4v) is 5.46. The van der Waals surface area contributed by atoms with Crippen molar-refractivity contribution in [1.82, 2.24) is 29.4 Å². The van der Waals surface area contributed by atoms with Crippen LogP contribution >= 0.6 is 0 Å². The van der Waals surface area contributed by atoms with Gasteiger partial charge in [-0.2, -0.15) is 10.2 Å². The van der Waals surface area contributed by atoms with E-state index in [0.717, 1.165) is 0 Å². The lowest BCUT2D eigenvalue weighted by Crippen LogP contribution is -2.36. The highest BCUT2D eigenvalue weighted by Gasteiger charge is 2.40. The van der Waals surface area contributed by atoms with Gasteiger partial charge < -0.3 is 19.3 Å². The van der Waals surface area contributed by atoms with Gasteiger partial charge in [-0.3, -0.25) is 29.6 Å². The third-order valence-electron chi connectivity index (χ3n) is 7.54. The number of hydrogen-bond acceptors (Lipinski definition) is 14. The molecule has 0 spiro atoms. The average Bonchev–Trinajstić information content (AvgIpc) is 3.46. The van der Waals surface area contributed by atoms with E-state index in [1.807, 2.05) is 6.92 Å². The maximum absolute atomic E-state index is 11.1. The quantitative estimate of drug-likeness (QED) is 0.178. The van der Waals surface area contributed by atoms with Crippen molar-refractivity contribution in [2.75, 3.05) is 7.11 Å². The molecule has 0 saturated carbocycles. The van der Waals surface area contributed by atoms with Crippen LogP contribution in [0.15, 0.2) is 22.6 Å². The van der Waals surface area contributed by atoms with Gasteiger partial charge in [0, 0.05) is 21.2 Å². The van der Waals surface area contributed by atoms with Crippen LogP contribution in [0, 0.1) is 31.3 Å². The molecule has 0 amide bonds. The summed E-state index contributed by atoms with van der Waals surface area (Å²) in [6.45, 7) is 3.48. The lowest BCUT2D eigenvalue weighted by Gasteiger charge is -2.23. The first kappa shape index (κ1) is 33.2. The summed E-state index contributed by atoms with van der Waals surface area (Å²) in [7, 11) is 4.80. The number of aryl methyl sites for hydroxylation is 2. The average molecular weight is 609 g/mol. The lowest BCUT2D eigenvalue weighted by atomic mass is 10.0. The molecule has 20 nitrogen and oxygen atoms in total. The standard InChI is InChI=1S/C12H19N6O4.C11H17N6O4/c1-7-12(21-3)8(15-16-13)4-5-10(22-7)11-9(18(19)20)6-14-17(11)2;1-6-11(18)7(14-15-12)3-4-9(21-6)10-8(17(19)20)5-13-16(10)2/h6-8,10,12-13H,4-5H2,1-3H3;5-7,9,11-12,18H,3-4H2,1-2H3/q2*+1/t7-,8-,10+,12-;6-,7-,9+,11-/m11/s1. The Morgan fingerprint density at radius 1 is 0.907 bits per heavy atom. The van der Waals surface area contributed by atoms with Crippen molar-refractivity contribution in [2.45, 2.75) is 88.2 Å². The molecule has 2 saturated heterocycles. The zero-order valence-corrected chi connectivity index (χ0v) is 24.4. The molecule has 0 aliphatic carbocycles. The molecule has 2 aromatic heterocycles. The number of aromatic nitrogens is 4. The molecule has 43 heavy (non-hydrogen) atoms. The van der Waals surface area contributed by atoms with Crippen LogP contribution in [0.3, 0.4) is 0 Å². The fourth-order valence-electron chi connectivity index (χ4n) is 5.46. The SMILES string of the molecule is CO[C@H]1[C@H](N=[N+]=N)CC[C@@H](c2c([N+](=O)[O-])cnn2C)O[C@@H]1C.C[C@H]1O[C@H](c2c([N+](=O)[O-])cnn2C)CC[C@@H](N=[N+]=N)[C@@H]1O. The third-order valence-corrected chi connectivity index (χ3v) is 7.54. The number of methoxy groups -OCH3 is 1. The van der Waals surface area contributed by atoms with Gasteiger partial charge in [0.2, 0.25) is 9.82 Å². The number of nitro groups is 2. The first-order valence-electron chi connectivity index (χ1n) is 13.4. The highest BCUT2D eigenvalue weighted by molar-refractivity contribution is 5.35. The van der Waals surface area contributed by atoms with E-state index in [1.54, 1.807) is 28.1 Å². The molecule has 4 rings (SSSR count). The third kappa shape index (κ3) is 7.56. The van der Waals surface area contributed by atoms with Crippen LogP contribution in [-0.2, 0) is 28.3 Å². The Morgan fingerprint density at radius 3 is 1.79 bits per heavy atom. The van der Waals surface area contributed by atoms with Gasteiger partial charge in [-0.25, -0.2) is 0 Å². The number of hydrogen-bond donors (Lipinski definition) is 3. The smallest absolute Gasteiger partial charge is 0.312 e. The monoisotopic (exact) mass is 608 g/mol. The van der Waals surface area contributed by atoms with Crippen LogP contribution in [0.2, 0.25) is 0 Å². The van der Waals surface area contributed by atoms with Crippen molar-refractivity contribution in [3.05, 3.63) is 44.0 Å². The van der Waals surface area contributed by atoms with E-state index in [2.05, 4.69) is 30.2 Å². The number of ether oxygens (including phenoxy) is 3. The van der Waals surface area contributed by atoms with Gasteiger partial charge in [0.25, 0.3) is 0 Å². The molecule has 2 aliphatic rings. The van der Waals surface area contributed by atoms with E-state index < -0.39 is 40.3 Å². The number of nitrogens with one attached hydrogen (secondary N) is 2. The zero-order valence-electron chi connectivity index (χ0n) is 24.4. The Kier molecular flexibility index (Phi) is 11.4. The molecule has 0 bridgehead atoms. The van der Waals surface area contributed by atoms with E-state index in [9.17, 15) is 25.3 Å². The number of aliphatic hydroxyl groups excluding tert-OH is 1. The highest BCUT2D eigenvalue weighted by Crippen LogP contribution is 2.37. The van der Waals surface area contributed by atoms with Crippen molar-refractivity contribution in [3.8, 4) is 0 Å². The minimum absolute atomic E-state index is 0.0609. The summed E-state index contributed by atoms with van der Waals surface area (Å²) in [6.07, 6.45) is 1.08. The van der Waals surface area contributed by atoms with Crippen LogP contribution in [0.4, 0.5) is 11.4 Å². The minimum atomic E-state index is -0.906. The molecule has 0 unspecified atom stereocenters. The molecule has 0 radical (unpaired) electrons. The summed E-state index contributed by atoms with van der Waals surface area (Å²) >= 11 is 0. The number of rotatable bonds is 7. The second kappa shape index (κ2) is 14.7. The Morgan fingerprint density at radius 2 is 1.35 bits per heavy atom. The Hall–Kier alpha value is -4.32. The Bertz CT molecular complexity index is 1380. The highest BCUT2D eigenvalue weighted by atomic mass is 16.6. The van der Waals surface area contributed by atoms with Crippen LogP contribution in [0.25, 0.3) is 0 Å². The summed E-state index contributed by atoms with van der Waals surface area (Å²) < 4.78 is 20.0. The van der Waals surface area contributed by atoms with Crippen LogP contribution in [0.5, 0.6) is 0 Å². The van der Waals surface area contributed by atoms with Gasteiger partial charge in [0.05, 0.1) is 22.1 Å². The van der Waals surface area contributed by atoms with E-state index in [1.165, 1.54) is 21.8 Å². The zero-order chi connectivity index (χ0) is 31.8.